The Labute approximate surface area is 108 Å². The average Bonchev–Trinajstić information content (AvgIpc) is 2.70. The second-order valence-corrected chi connectivity index (χ2v) is 4.46. The summed E-state index contributed by atoms with van der Waals surface area (Å²) in [4.78, 5) is 5.51. The Balaban J connectivity index is 1.85. The van der Waals surface area contributed by atoms with Gasteiger partial charge in [0.15, 0.2) is 0 Å². The molecule has 0 spiro atoms. The van der Waals surface area contributed by atoms with Gasteiger partial charge in [0.1, 0.15) is 0 Å². The maximum atomic E-state index is 5.51. The van der Waals surface area contributed by atoms with Gasteiger partial charge in [0.25, 0.3) is 0 Å². The van der Waals surface area contributed by atoms with Crippen LogP contribution in [0.4, 0.5) is 0 Å². The predicted octanol–water partition coefficient (Wildman–Crippen LogP) is 2.51. The standard InChI is InChI=1S/C14H19N3O/c1-11-14(9-17(3)15-11)12(2)16-18-10-13-7-5-4-6-8-13/h4-9,12,16H,10H2,1-3H3. The number of benzene rings is 1. The zero-order valence-electron chi connectivity index (χ0n) is 11.1. The highest BCUT2D eigenvalue weighted by Gasteiger charge is 2.11. The first-order valence-corrected chi connectivity index (χ1v) is 6.08. The lowest BCUT2D eigenvalue weighted by atomic mass is 10.1. The van der Waals surface area contributed by atoms with E-state index in [1.165, 1.54) is 0 Å². The molecule has 0 fully saturated rings. The van der Waals surface area contributed by atoms with E-state index in [1.807, 2.05) is 55.2 Å². The summed E-state index contributed by atoms with van der Waals surface area (Å²) >= 11 is 0. The first kappa shape index (κ1) is 12.8. The molecular weight excluding hydrogens is 226 g/mol. The first-order chi connectivity index (χ1) is 8.66. The summed E-state index contributed by atoms with van der Waals surface area (Å²) in [6, 6.07) is 10.2. The van der Waals surface area contributed by atoms with Crippen molar-refractivity contribution in [3.8, 4) is 0 Å². The van der Waals surface area contributed by atoms with Gasteiger partial charge in [-0.25, -0.2) is 0 Å². The van der Waals surface area contributed by atoms with E-state index in [9.17, 15) is 0 Å². The molecule has 18 heavy (non-hydrogen) atoms. The van der Waals surface area contributed by atoms with Crippen molar-refractivity contribution in [2.75, 3.05) is 0 Å². The Morgan fingerprint density at radius 3 is 2.67 bits per heavy atom. The van der Waals surface area contributed by atoms with Crippen molar-refractivity contribution in [2.24, 2.45) is 7.05 Å². The molecule has 0 amide bonds. The van der Waals surface area contributed by atoms with E-state index < -0.39 is 0 Å². The number of hydrogen-bond donors (Lipinski definition) is 1. The van der Waals surface area contributed by atoms with Gasteiger partial charge in [-0.05, 0) is 19.4 Å². The summed E-state index contributed by atoms with van der Waals surface area (Å²) in [5.74, 6) is 0. The zero-order valence-corrected chi connectivity index (χ0v) is 11.1. The monoisotopic (exact) mass is 245 g/mol. The van der Waals surface area contributed by atoms with Gasteiger partial charge in [0, 0.05) is 18.8 Å². The third-order valence-corrected chi connectivity index (χ3v) is 2.86. The number of nitrogens with zero attached hydrogens (tertiary/aromatic N) is 2. The lowest BCUT2D eigenvalue weighted by molar-refractivity contribution is 0.00685. The van der Waals surface area contributed by atoms with E-state index in [2.05, 4.69) is 17.5 Å². The third-order valence-electron chi connectivity index (χ3n) is 2.86. The number of aryl methyl sites for hydroxylation is 2. The number of aromatic nitrogens is 2. The van der Waals surface area contributed by atoms with Crippen molar-refractivity contribution in [3.05, 3.63) is 53.3 Å². The summed E-state index contributed by atoms with van der Waals surface area (Å²) < 4.78 is 1.82. The fourth-order valence-corrected chi connectivity index (χ4v) is 1.93. The number of nitrogens with one attached hydrogen (secondary N) is 1. The Hall–Kier alpha value is -1.65. The van der Waals surface area contributed by atoms with Gasteiger partial charge in [-0.1, -0.05) is 30.3 Å². The van der Waals surface area contributed by atoms with Gasteiger partial charge in [-0.15, -0.1) is 0 Å². The van der Waals surface area contributed by atoms with Crippen LogP contribution in [0.5, 0.6) is 0 Å². The molecule has 1 atom stereocenters. The van der Waals surface area contributed by atoms with Gasteiger partial charge in [0.2, 0.25) is 0 Å². The molecule has 0 bridgehead atoms. The summed E-state index contributed by atoms with van der Waals surface area (Å²) in [5, 5.41) is 4.32. The highest BCUT2D eigenvalue weighted by atomic mass is 16.6. The quantitative estimate of drug-likeness (QED) is 0.823. The number of hydroxylamine groups is 1. The van der Waals surface area contributed by atoms with Gasteiger partial charge in [0.05, 0.1) is 18.3 Å². The van der Waals surface area contributed by atoms with Gasteiger partial charge in [-0.3, -0.25) is 9.52 Å². The van der Waals surface area contributed by atoms with Crippen molar-refractivity contribution < 1.29 is 4.84 Å². The number of rotatable bonds is 5. The Kier molecular flexibility index (Phi) is 4.12. The van der Waals surface area contributed by atoms with E-state index in [-0.39, 0.29) is 6.04 Å². The largest absolute Gasteiger partial charge is 0.296 e. The third kappa shape index (κ3) is 3.18. The molecule has 2 rings (SSSR count). The van der Waals surface area contributed by atoms with E-state index in [1.54, 1.807) is 0 Å². The highest BCUT2D eigenvalue weighted by molar-refractivity contribution is 5.18. The maximum absolute atomic E-state index is 5.51. The minimum absolute atomic E-state index is 0.127. The Bertz CT molecular complexity index is 493. The first-order valence-electron chi connectivity index (χ1n) is 6.08. The second kappa shape index (κ2) is 5.80. The topological polar surface area (TPSA) is 39.1 Å². The van der Waals surface area contributed by atoms with Gasteiger partial charge < -0.3 is 0 Å². The fraction of sp³-hybridized carbons (Fsp3) is 0.357. The van der Waals surface area contributed by atoms with Crippen molar-refractivity contribution >= 4 is 0 Å². The molecule has 0 radical (unpaired) electrons. The van der Waals surface area contributed by atoms with Crippen LogP contribution in [0.1, 0.15) is 29.8 Å². The van der Waals surface area contributed by atoms with Crippen LogP contribution in [0.15, 0.2) is 36.5 Å². The molecular formula is C14H19N3O. The molecule has 0 aliphatic heterocycles. The molecule has 1 aromatic heterocycles. The maximum Gasteiger partial charge on any atom is 0.0933 e. The molecule has 1 heterocycles. The second-order valence-electron chi connectivity index (χ2n) is 4.46. The van der Waals surface area contributed by atoms with E-state index in [0.29, 0.717) is 6.61 Å². The van der Waals surface area contributed by atoms with Crippen molar-refractivity contribution in [3.63, 3.8) is 0 Å². The summed E-state index contributed by atoms with van der Waals surface area (Å²) in [7, 11) is 1.92. The number of hydrogen-bond acceptors (Lipinski definition) is 3. The minimum Gasteiger partial charge on any atom is -0.296 e. The van der Waals surface area contributed by atoms with Gasteiger partial charge >= 0.3 is 0 Å². The molecule has 0 saturated carbocycles. The SMILES string of the molecule is Cc1nn(C)cc1C(C)NOCc1ccccc1. The van der Waals surface area contributed by atoms with Crippen LogP contribution < -0.4 is 5.48 Å². The van der Waals surface area contributed by atoms with E-state index >= 15 is 0 Å². The van der Waals surface area contributed by atoms with Crippen LogP contribution >= 0.6 is 0 Å². The summed E-state index contributed by atoms with van der Waals surface area (Å²) in [5.41, 5.74) is 6.39. The molecule has 1 unspecified atom stereocenters. The molecule has 0 saturated heterocycles. The normalized spacial score (nSPS) is 12.6. The minimum atomic E-state index is 0.127. The molecule has 1 aromatic carbocycles. The van der Waals surface area contributed by atoms with Crippen molar-refractivity contribution in [1.29, 1.82) is 0 Å². The summed E-state index contributed by atoms with van der Waals surface area (Å²) in [6.45, 7) is 4.63. The van der Waals surface area contributed by atoms with E-state index in [4.69, 9.17) is 4.84 Å². The lowest BCUT2D eigenvalue weighted by Gasteiger charge is -2.13. The average molecular weight is 245 g/mol. The van der Waals surface area contributed by atoms with Crippen LogP contribution in [0.3, 0.4) is 0 Å². The molecule has 0 aliphatic rings. The highest BCUT2D eigenvalue weighted by Crippen LogP contribution is 2.15. The van der Waals surface area contributed by atoms with Crippen molar-refractivity contribution in [1.82, 2.24) is 15.3 Å². The molecule has 1 N–H and O–H groups in total. The molecule has 0 aliphatic carbocycles. The van der Waals surface area contributed by atoms with Crippen LogP contribution in [-0.4, -0.2) is 9.78 Å². The van der Waals surface area contributed by atoms with Gasteiger partial charge in [-0.2, -0.15) is 10.6 Å². The van der Waals surface area contributed by atoms with E-state index in [0.717, 1.165) is 16.8 Å². The smallest absolute Gasteiger partial charge is 0.0933 e. The fourth-order valence-electron chi connectivity index (χ4n) is 1.93. The predicted molar refractivity (Wildman–Crippen MR) is 70.7 cm³/mol. The van der Waals surface area contributed by atoms with Crippen LogP contribution in [0, 0.1) is 6.92 Å². The molecule has 4 nitrogen and oxygen atoms in total. The molecule has 4 heteroatoms. The summed E-state index contributed by atoms with van der Waals surface area (Å²) in [6.07, 6.45) is 2.01. The molecule has 96 valence electrons. The van der Waals surface area contributed by atoms with Crippen molar-refractivity contribution in [2.45, 2.75) is 26.5 Å². The lowest BCUT2D eigenvalue weighted by Crippen LogP contribution is -2.19. The van der Waals surface area contributed by atoms with Crippen LogP contribution in [0.2, 0.25) is 0 Å². The van der Waals surface area contributed by atoms with Crippen LogP contribution in [0.25, 0.3) is 0 Å². The molecule has 2 aromatic rings. The Morgan fingerprint density at radius 1 is 1.33 bits per heavy atom. The van der Waals surface area contributed by atoms with Crippen LogP contribution in [-0.2, 0) is 18.5 Å². The Morgan fingerprint density at radius 2 is 2.06 bits per heavy atom. The zero-order chi connectivity index (χ0) is 13.0.